The largest absolute Gasteiger partial charge is 0.381 e. The third kappa shape index (κ3) is 3.93. The number of carbonyl (C=O) groups is 1. The molecule has 2 fully saturated rings. The Morgan fingerprint density at radius 2 is 2.28 bits per heavy atom. The van der Waals surface area contributed by atoms with Crippen molar-refractivity contribution in [3.8, 4) is 0 Å². The number of carbonyl (C=O) groups excluding carboxylic acids is 1. The van der Waals surface area contributed by atoms with Crippen molar-refractivity contribution in [2.75, 3.05) is 45.9 Å². The summed E-state index contributed by atoms with van der Waals surface area (Å²) in [5, 5.41) is 6.37. The summed E-state index contributed by atoms with van der Waals surface area (Å²) < 4.78 is 5.42. The number of amides is 1. The fourth-order valence-corrected chi connectivity index (χ4v) is 2.60. The average Bonchev–Trinajstić information content (AvgIpc) is 2.46. The van der Waals surface area contributed by atoms with Crippen LogP contribution in [0.15, 0.2) is 0 Å². The molecule has 2 aliphatic rings. The van der Waals surface area contributed by atoms with E-state index in [1.54, 1.807) is 0 Å². The summed E-state index contributed by atoms with van der Waals surface area (Å²) in [4.78, 5) is 14.3. The van der Waals surface area contributed by atoms with E-state index in [1.165, 1.54) is 6.42 Å². The Morgan fingerprint density at radius 3 is 2.94 bits per heavy atom. The first kappa shape index (κ1) is 13.8. The molecule has 2 aliphatic heterocycles. The van der Waals surface area contributed by atoms with Gasteiger partial charge in [0.05, 0.1) is 12.6 Å². The van der Waals surface area contributed by atoms with Crippen LogP contribution in [0.3, 0.4) is 0 Å². The summed E-state index contributed by atoms with van der Waals surface area (Å²) in [5.74, 6) is 0.653. The molecule has 2 unspecified atom stereocenters. The summed E-state index contributed by atoms with van der Waals surface area (Å²) in [6.07, 6.45) is 2.29. The van der Waals surface area contributed by atoms with Crippen LogP contribution in [0.4, 0.5) is 0 Å². The predicted octanol–water partition coefficient (Wildman–Crippen LogP) is -0.177. The Morgan fingerprint density at radius 1 is 1.50 bits per heavy atom. The molecule has 0 radical (unpaired) electrons. The van der Waals surface area contributed by atoms with E-state index in [4.69, 9.17) is 4.74 Å². The molecule has 0 spiro atoms. The highest BCUT2D eigenvalue weighted by Gasteiger charge is 2.23. The minimum atomic E-state index is -0.0170. The molecule has 0 aromatic heterocycles. The molecular formula is C13H25N3O2. The van der Waals surface area contributed by atoms with E-state index in [0.717, 1.165) is 52.4 Å². The molecule has 2 heterocycles. The van der Waals surface area contributed by atoms with Gasteiger partial charge in [0, 0.05) is 39.3 Å². The van der Waals surface area contributed by atoms with Crippen LogP contribution in [-0.4, -0.2) is 62.8 Å². The lowest BCUT2D eigenvalue weighted by Gasteiger charge is -2.32. The second-order valence-electron chi connectivity index (χ2n) is 5.29. The lowest BCUT2D eigenvalue weighted by Crippen LogP contribution is -2.53. The second-order valence-corrected chi connectivity index (χ2v) is 5.29. The number of hydrogen-bond donors (Lipinski definition) is 2. The average molecular weight is 255 g/mol. The van der Waals surface area contributed by atoms with E-state index in [9.17, 15) is 4.79 Å². The Hall–Kier alpha value is -0.650. The molecule has 2 saturated heterocycles. The highest BCUT2D eigenvalue weighted by molar-refractivity contribution is 5.81. The van der Waals surface area contributed by atoms with Crippen molar-refractivity contribution in [3.63, 3.8) is 0 Å². The first-order chi connectivity index (χ1) is 8.77. The highest BCUT2D eigenvalue weighted by atomic mass is 16.5. The Bertz CT molecular complexity index is 261. The zero-order chi connectivity index (χ0) is 12.8. The lowest BCUT2D eigenvalue weighted by atomic mass is 10.0. The molecule has 18 heavy (non-hydrogen) atoms. The minimum absolute atomic E-state index is 0.0170. The van der Waals surface area contributed by atoms with Crippen molar-refractivity contribution < 1.29 is 9.53 Å². The summed E-state index contributed by atoms with van der Waals surface area (Å²) in [6, 6.07) is -0.0170. The van der Waals surface area contributed by atoms with Gasteiger partial charge < -0.3 is 15.4 Å². The topological polar surface area (TPSA) is 53.6 Å². The first-order valence-electron chi connectivity index (χ1n) is 7.07. The van der Waals surface area contributed by atoms with Gasteiger partial charge in [-0.05, 0) is 25.7 Å². The van der Waals surface area contributed by atoms with Crippen LogP contribution in [0, 0.1) is 5.92 Å². The number of ether oxygens (including phenoxy) is 1. The maximum atomic E-state index is 12.1. The molecule has 104 valence electrons. The van der Waals surface area contributed by atoms with E-state index < -0.39 is 0 Å². The summed E-state index contributed by atoms with van der Waals surface area (Å²) in [5.41, 5.74) is 0. The SMILES string of the molecule is CC(C(=O)NCC1CCCOC1)N1CCNCC1. The maximum absolute atomic E-state index is 12.1. The molecule has 5 nitrogen and oxygen atoms in total. The molecule has 2 N–H and O–H groups in total. The van der Waals surface area contributed by atoms with Crippen molar-refractivity contribution >= 4 is 5.91 Å². The van der Waals surface area contributed by atoms with Crippen molar-refractivity contribution in [2.24, 2.45) is 5.92 Å². The zero-order valence-electron chi connectivity index (χ0n) is 11.3. The van der Waals surface area contributed by atoms with Crippen LogP contribution in [-0.2, 0) is 9.53 Å². The smallest absolute Gasteiger partial charge is 0.237 e. The van der Waals surface area contributed by atoms with E-state index in [2.05, 4.69) is 15.5 Å². The van der Waals surface area contributed by atoms with Crippen molar-refractivity contribution in [3.05, 3.63) is 0 Å². The molecule has 0 aliphatic carbocycles. The van der Waals surface area contributed by atoms with Crippen LogP contribution >= 0.6 is 0 Å². The number of hydrogen-bond acceptors (Lipinski definition) is 4. The lowest BCUT2D eigenvalue weighted by molar-refractivity contribution is -0.126. The molecule has 1 amide bonds. The van der Waals surface area contributed by atoms with Gasteiger partial charge in [0.25, 0.3) is 0 Å². The van der Waals surface area contributed by atoms with Gasteiger partial charge in [-0.1, -0.05) is 0 Å². The monoisotopic (exact) mass is 255 g/mol. The molecule has 0 aromatic carbocycles. The number of piperazine rings is 1. The number of rotatable bonds is 4. The van der Waals surface area contributed by atoms with Gasteiger partial charge in [0.15, 0.2) is 0 Å². The predicted molar refractivity (Wildman–Crippen MR) is 70.5 cm³/mol. The molecule has 0 bridgehead atoms. The van der Waals surface area contributed by atoms with Crippen LogP contribution in [0.25, 0.3) is 0 Å². The van der Waals surface area contributed by atoms with Gasteiger partial charge in [0.2, 0.25) is 5.91 Å². The Labute approximate surface area is 109 Å². The van der Waals surface area contributed by atoms with Crippen LogP contribution in [0.2, 0.25) is 0 Å². The number of nitrogens with zero attached hydrogens (tertiary/aromatic N) is 1. The van der Waals surface area contributed by atoms with Crippen molar-refractivity contribution in [2.45, 2.75) is 25.8 Å². The van der Waals surface area contributed by atoms with Gasteiger partial charge in [0.1, 0.15) is 0 Å². The molecule has 0 saturated carbocycles. The van der Waals surface area contributed by atoms with E-state index in [0.29, 0.717) is 5.92 Å². The molecule has 0 aromatic rings. The summed E-state index contributed by atoms with van der Waals surface area (Å²) in [7, 11) is 0. The summed E-state index contributed by atoms with van der Waals surface area (Å²) >= 11 is 0. The molecule has 2 atom stereocenters. The van der Waals surface area contributed by atoms with Gasteiger partial charge in [-0.2, -0.15) is 0 Å². The van der Waals surface area contributed by atoms with Crippen LogP contribution in [0.1, 0.15) is 19.8 Å². The van der Waals surface area contributed by atoms with Gasteiger partial charge in [-0.25, -0.2) is 0 Å². The summed E-state index contributed by atoms with van der Waals surface area (Å²) in [6.45, 7) is 8.31. The van der Waals surface area contributed by atoms with Gasteiger partial charge in [-0.3, -0.25) is 9.69 Å². The normalized spacial score (nSPS) is 27.7. The van der Waals surface area contributed by atoms with Crippen molar-refractivity contribution in [1.82, 2.24) is 15.5 Å². The van der Waals surface area contributed by atoms with Gasteiger partial charge in [-0.15, -0.1) is 0 Å². The quantitative estimate of drug-likeness (QED) is 0.732. The van der Waals surface area contributed by atoms with Gasteiger partial charge >= 0.3 is 0 Å². The fourth-order valence-electron chi connectivity index (χ4n) is 2.60. The van der Waals surface area contributed by atoms with Crippen LogP contribution < -0.4 is 10.6 Å². The first-order valence-corrected chi connectivity index (χ1v) is 7.07. The molecule has 2 rings (SSSR count). The van der Waals surface area contributed by atoms with E-state index in [1.807, 2.05) is 6.92 Å². The van der Waals surface area contributed by atoms with E-state index in [-0.39, 0.29) is 11.9 Å². The standard InChI is InChI=1S/C13H25N3O2/c1-11(16-6-4-14-5-7-16)13(17)15-9-12-3-2-8-18-10-12/h11-12,14H,2-10H2,1H3,(H,15,17). The highest BCUT2D eigenvalue weighted by Crippen LogP contribution is 2.12. The molecular weight excluding hydrogens is 230 g/mol. The third-order valence-corrected chi connectivity index (χ3v) is 3.90. The Balaban J connectivity index is 1.69. The maximum Gasteiger partial charge on any atom is 0.237 e. The van der Waals surface area contributed by atoms with E-state index >= 15 is 0 Å². The van der Waals surface area contributed by atoms with Crippen molar-refractivity contribution in [1.29, 1.82) is 0 Å². The number of nitrogens with one attached hydrogen (secondary N) is 2. The second kappa shape index (κ2) is 7.07. The fraction of sp³-hybridized carbons (Fsp3) is 0.923. The van der Waals surface area contributed by atoms with Crippen LogP contribution in [0.5, 0.6) is 0 Å². The minimum Gasteiger partial charge on any atom is -0.381 e. The molecule has 5 heteroatoms. The third-order valence-electron chi connectivity index (χ3n) is 3.90. The Kier molecular flexibility index (Phi) is 5.41. The zero-order valence-corrected chi connectivity index (χ0v) is 11.3.